The van der Waals surface area contributed by atoms with Crippen molar-refractivity contribution in [2.45, 2.75) is 25.7 Å². The van der Waals surface area contributed by atoms with Crippen LogP contribution < -0.4 is 9.88 Å². The van der Waals surface area contributed by atoms with E-state index in [1.54, 1.807) is 7.11 Å². The first-order chi connectivity index (χ1) is 9.00. The minimum absolute atomic E-state index is 0.348. The number of hydrogen-bond donors (Lipinski definition) is 1. The van der Waals surface area contributed by atoms with Gasteiger partial charge in [-0.1, -0.05) is 12.1 Å². The zero-order valence-corrected chi connectivity index (χ0v) is 11.6. The van der Waals surface area contributed by atoms with Gasteiger partial charge < -0.3 is 9.47 Å². The van der Waals surface area contributed by atoms with Crippen molar-refractivity contribution in [3.05, 3.63) is 29.8 Å². The minimum atomic E-state index is -3.68. The molecule has 1 fully saturated rings. The molecule has 6 nitrogen and oxygen atoms in total. The Hall–Kier alpha value is -1.15. The molecule has 0 aliphatic carbocycles. The van der Waals surface area contributed by atoms with Gasteiger partial charge >= 0.3 is 0 Å². The quantitative estimate of drug-likeness (QED) is 0.869. The molecule has 0 radical (unpaired) electrons. The van der Waals surface area contributed by atoms with Gasteiger partial charge in [-0.25, -0.2) is 5.14 Å². The molecule has 2 N–H and O–H groups in total. The van der Waals surface area contributed by atoms with Crippen LogP contribution in [0, 0.1) is 0 Å². The SMILES string of the molecule is COc1ccc(CO[C@H]2CCCN2S(N)(=O)=O)cc1. The second-order valence-electron chi connectivity index (χ2n) is 4.41. The fraction of sp³-hybridized carbons (Fsp3) is 0.500. The number of hydrogen-bond acceptors (Lipinski definition) is 4. The third kappa shape index (κ3) is 3.66. The summed E-state index contributed by atoms with van der Waals surface area (Å²) in [5.74, 6) is 0.774. The summed E-state index contributed by atoms with van der Waals surface area (Å²) >= 11 is 0. The first-order valence-electron chi connectivity index (χ1n) is 6.05. The molecule has 0 aromatic heterocycles. The molecule has 0 bridgehead atoms. The molecule has 2 rings (SSSR count). The highest BCUT2D eigenvalue weighted by Crippen LogP contribution is 2.22. The molecule has 7 heteroatoms. The van der Waals surface area contributed by atoms with Crippen molar-refractivity contribution in [1.29, 1.82) is 0 Å². The van der Waals surface area contributed by atoms with Gasteiger partial charge in [-0.3, -0.25) is 0 Å². The first kappa shape index (κ1) is 14.3. The summed E-state index contributed by atoms with van der Waals surface area (Å²) in [5, 5.41) is 5.14. The number of nitrogens with two attached hydrogens (primary N) is 1. The predicted octanol–water partition coefficient (Wildman–Crippen LogP) is 0.837. The molecular formula is C12H18N2O4S. The van der Waals surface area contributed by atoms with Crippen LogP contribution >= 0.6 is 0 Å². The Morgan fingerprint density at radius 3 is 2.63 bits per heavy atom. The van der Waals surface area contributed by atoms with Crippen LogP contribution in [0.4, 0.5) is 0 Å². The predicted molar refractivity (Wildman–Crippen MR) is 70.6 cm³/mol. The summed E-state index contributed by atoms with van der Waals surface area (Å²) in [6.07, 6.45) is 0.980. The van der Waals surface area contributed by atoms with Gasteiger partial charge in [0.15, 0.2) is 0 Å². The van der Waals surface area contributed by atoms with Gasteiger partial charge in [0.2, 0.25) is 0 Å². The average Bonchev–Trinajstić information content (AvgIpc) is 2.85. The van der Waals surface area contributed by atoms with E-state index in [9.17, 15) is 8.42 Å². The number of ether oxygens (including phenoxy) is 2. The van der Waals surface area contributed by atoms with E-state index in [0.29, 0.717) is 19.6 Å². The fourth-order valence-electron chi connectivity index (χ4n) is 2.08. The van der Waals surface area contributed by atoms with Crippen LogP contribution in [-0.4, -0.2) is 32.6 Å². The Balaban J connectivity index is 1.94. The molecule has 1 aromatic carbocycles. The lowest BCUT2D eigenvalue weighted by molar-refractivity contribution is -0.00968. The lowest BCUT2D eigenvalue weighted by Gasteiger charge is -2.21. The highest BCUT2D eigenvalue weighted by Gasteiger charge is 2.32. The summed E-state index contributed by atoms with van der Waals surface area (Å²) in [6, 6.07) is 7.44. The van der Waals surface area contributed by atoms with Crippen molar-refractivity contribution in [2.75, 3.05) is 13.7 Å². The van der Waals surface area contributed by atoms with Crippen molar-refractivity contribution in [1.82, 2.24) is 4.31 Å². The average molecular weight is 286 g/mol. The largest absolute Gasteiger partial charge is 0.497 e. The molecule has 1 aliphatic heterocycles. The Bertz CT molecular complexity index is 515. The Kier molecular flexibility index (Phi) is 4.41. The molecule has 0 saturated carbocycles. The Morgan fingerprint density at radius 1 is 1.37 bits per heavy atom. The smallest absolute Gasteiger partial charge is 0.279 e. The van der Waals surface area contributed by atoms with E-state index in [2.05, 4.69) is 0 Å². The van der Waals surface area contributed by atoms with Crippen molar-refractivity contribution in [2.24, 2.45) is 5.14 Å². The zero-order valence-electron chi connectivity index (χ0n) is 10.8. The molecule has 0 amide bonds. The lowest BCUT2D eigenvalue weighted by atomic mass is 10.2. The van der Waals surface area contributed by atoms with E-state index in [0.717, 1.165) is 17.7 Å². The van der Waals surface area contributed by atoms with E-state index in [1.165, 1.54) is 4.31 Å². The first-order valence-corrected chi connectivity index (χ1v) is 7.55. The zero-order chi connectivity index (χ0) is 13.9. The van der Waals surface area contributed by atoms with Crippen molar-refractivity contribution >= 4 is 10.2 Å². The second kappa shape index (κ2) is 5.87. The number of methoxy groups -OCH3 is 1. The standard InChI is InChI=1S/C12H18N2O4S/c1-17-11-6-4-10(5-7-11)9-18-12-3-2-8-14(12)19(13,15)16/h4-7,12H,2-3,8-9H2,1H3,(H2,13,15,16)/t12-/m0/s1. The topological polar surface area (TPSA) is 81.9 Å². The van der Waals surface area contributed by atoms with Gasteiger partial charge in [-0.15, -0.1) is 0 Å². The van der Waals surface area contributed by atoms with E-state index in [1.807, 2.05) is 24.3 Å². The van der Waals surface area contributed by atoms with Crippen molar-refractivity contribution < 1.29 is 17.9 Å². The van der Waals surface area contributed by atoms with E-state index >= 15 is 0 Å². The van der Waals surface area contributed by atoms with Crippen LogP contribution in [0.25, 0.3) is 0 Å². The summed E-state index contributed by atoms with van der Waals surface area (Å²) in [7, 11) is -2.07. The summed E-state index contributed by atoms with van der Waals surface area (Å²) in [5.41, 5.74) is 0.960. The van der Waals surface area contributed by atoms with Gasteiger partial charge in [0.1, 0.15) is 12.0 Å². The number of nitrogens with zero attached hydrogens (tertiary/aromatic N) is 1. The second-order valence-corrected chi connectivity index (χ2v) is 5.91. The Morgan fingerprint density at radius 2 is 2.05 bits per heavy atom. The molecule has 1 saturated heterocycles. The summed E-state index contributed by atoms with van der Waals surface area (Å²) in [4.78, 5) is 0. The molecule has 106 valence electrons. The molecule has 0 unspecified atom stereocenters. The van der Waals surface area contributed by atoms with Gasteiger partial charge in [0.25, 0.3) is 10.2 Å². The summed E-state index contributed by atoms with van der Waals surface area (Å²) < 4.78 is 34.6. The van der Waals surface area contributed by atoms with Gasteiger partial charge in [-0.2, -0.15) is 12.7 Å². The normalized spacial score (nSPS) is 20.6. The fourth-order valence-corrected chi connectivity index (χ4v) is 2.96. The lowest BCUT2D eigenvalue weighted by Crippen LogP contribution is -2.41. The molecule has 0 spiro atoms. The molecular weight excluding hydrogens is 268 g/mol. The maximum Gasteiger partial charge on any atom is 0.279 e. The molecule has 1 atom stereocenters. The highest BCUT2D eigenvalue weighted by atomic mass is 32.2. The molecule has 1 heterocycles. The van der Waals surface area contributed by atoms with E-state index in [-0.39, 0.29) is 0 Å². The molecule has 1 aromatic rings. The van der Waals surface area contributed by atoms with Crippen LogP contribution in [0.3, 0.4) is 0 Å². The maximum atomic E-state index is 11.3. The van der Waals surface area contributed by atoms with Crippen molar-refractivity contribution in [3.8, 4) is 5.75 Å². The van der Waals surface area contributed by atoms with E-state index < -0.39 is 16.4 Å². The monoisotopic (exact) mass is 286 g/mol. The third-order valence-electron chi connectivity index (χ3n) is 3.08. The number of benzene rings is 1. The Labute approximate surface area is 113 Å². The van der Waals surface area contributed by atoms with Crippen LogP contribution in [0.5, 0.6) is 5.75 Å². The maximum absolute atomic E-state index is 11.3. The van der Waals surface area contributed by atoms with Crippen LogP contribution in [0.2, 0.25) is 0 Å². The van der Waals surface area contributed by atoms with Crippen LogP contribution in [0.1, 0.15) is 18.4 Å². The minimum Gasteiger partial charge on any atom is -0.497 e. The van der Waals surface area contributed by atoms with Crippen LogP contribution in [-0.2, 0) is 21.6 Å². The van der Waals surface area contributed by atoms with Gasteiger partial charge in [0.05, 0.1) is 13.7 Å². The highest BCUT2D eigenvalue weighted by molar-refractivity contribution is 7.86. The summed E-state index contributed by atoms with van der Waals surface area (Å²) in [6.45, 7) is 0.771. The number of rotatable bonds is 5. The van der Waals surface area contributed by atoms with Crippen LogP contribution in [0.15, 0.2) is 24.3 Å². The van der Waals surface area contributed by atoms with E-state index in [4.69, 9.17) is 14.6 Å². The third-order valence-corrected chi connectivity index (χ3v) is 4.15. The molecule has 19 heavy (non-hydrogen) atoms. The van der Waals surface area contributed by atoms with Gasteiger partial charge in [-0.05, 0) is 30.5 Å². The van der Waals surface area contributed by atoms with Crippen molar-refractivity contribution in [3.63, 3.8) is 0 Å². The van der Waals surface area contributed by atoms with Gasteiger partial charge in [0, 0.05) is 6.54 Å². The molecule has 1 aliphatic rings.